The number of likely N-dealkylation sites (tertiary alicyclic amines) is 1. The zero-order valence-corrected chi connectivity index (χ0v) is 11.9. The van der Waals surface area contributed by atoms with E-state index >= 15 is 0 Å². The second-order valence-corrected chi connectivity index (χ2v) is 5.42. The third kappa shape index (κ3) is 2.93. The molecular weight excluding hydrogens is 224 g/mol. The Morgan fingerprint density at radius 2 is 2.33 bits per heavy atom. The van der Waals surface area contributed by atoms with Crippen LogP contribution in [0, 0.1) is 5.92 Å². The van der Waals surface area contributed by atoms with Gasteiger partial charge in [0.2, 0.25) is 0 Å². The molecule has 2 atom stereocenters. The van der Waals surface area contributed by atoms with Gasteiger partial charge in [-0.15, -0.1) is 0 Å². The summed E-state index contributed by atoms with van der Waals surface area (Å²) in [5.74, 6) is 0.702. The summed E-state index contributed by atoms with van der Waals surface area (Å²) in [7, 11) is 4.29. The van der Waals surface area contributed by atoms with Crippen LogP contribution in [0.4, 0.5) is 0 Å². The number of rotatable bonds is 5. The van der Waals surface area contributed by atoms with Crippen molar-refractivity contribution in [1.82, 2.24) is 20.0 Å². The monoisotopic (exact) mass is 250 g/mol. The first-order valence-corrected chi connectivity index (χ1v) is 7.13. The highest BCUT2D eigenvalue weighted by Gasteiger charge is 2.30. The number of hydrogen-bond acceptors (Lipinski definition) is 3. The van der Waals surface area contributed by atoms with Crippen LogP contribution < -0.4 is 5.32 Å². The van der Waals surface area contributed by atoms with Gasteiger partial charge in [0.05, 0.1) is 6.20 Å². The van der Waals surface area contributed by atoms with Crippen LogP contribution in [0.3, 0.4) is 0 Å². The van der Waals surface area contributed by atoms with Crippen LogP contribution in [0.1, 0.15) is 37.8 Å². The van der Waals surface area contributed by atoms with E-state index in [0.29, 0.717) is 12.0 Å². The third-order valence-electron chi connectivity index (χ3n) is 3.92. The predicted molar refractivity (Wildman–Crippen MR) is 74.5 cm³/mol. The Kier molecular flexibility index (Phi) is 4.78. The average molecular weight is 250 g/mol. The Bertz CT molecular complexity index is 358. The molecule has 2 rings (SSSR count). The van der Waals surface area contributed by atoms with Gasteiger partial charge in [-0.3, -0.25) is 9.58 Å². The van der Waals surface area contributed by atoms with Crippen LogP contribution in [0.2, 0.25) is 0 Å². The van der Waals surface area contributed by atoms with E-state index in [-0.39, 0.29) is 0 Å². The lowest BCUT2D eigenvalue weighted by Crippen LogP contribution is -2.39. The van der Waals surface area contributed by atoms with Gasteiger partial charge in [-0.05, 0) is 52.4 Å². The summed E-state index contributed by atoms with van der Waals surface area (Å²) in [5, 5.41) is 7.82. The molecule has 1 N–H and O–H groups in total. The summed E-state index contributed by atoms with van der Waals surface area (Å²) in [4.78, 5) is 2.48. The number of nitrogens with one attached hydrogen (secondary N) is 1. The van der Waals surface area contributed by atoms with E-state index in [9.17, 15) is 0 Å². The lowest BCUT2D eigenvalue weighted by atomic mass is 9.86. The van der Waals surface area contributed by atoms with Gasteiger partial charge in [-0.1, -0.05) is 6.92 Å². The highest BCUT2D eigenvalue weighted by molar-refractivity contribution is 5.13. The average Bonchev–Trinajstić information content (AvgIpc) is 2.78. The molecule has 1 aliphatic rings. The van der Waals surface area contributed by atoms with E-state index in [1.54, 1.807) is 0 Å². The fraction of sp³-hybridized carbons (Fsp3) is 0.786. The summed E-state index contributed by atoms with van der Waals surface area (Å²) in [6, 6.07) is 0.525. The van der Waals surface area contributed by atoms with Crippen LogP contribution in [0.25, 0.3) is 0 Å². The Labute approximate surface area is 110 Å². The lowest BCUT2D eigenvalue weighted by molar-refractivity contribution is 0.121. The fourth-order valence-electron chi connectivity index (χ4n) is 3.15. The second-order valence-electron chi connectivity index (χ2n) is 5.42. The van der Waals surface area contributed by atoms with Gasteiger partial charge in [0, 0.05) is 24.3 Å². The first kappa shape index (κ1) is 13.6. The van der Waals surface area contributed by atoms with Crippen molar-refractivity contribution in [3.05, 3.63) is 18.0 Å². The minimum Gasteiger partial charge on any atom is -0.319 e. The largest absolute Gasteiger partial charge is 0.319 e. The molecule has 0 spiro atoms. The molecule has 0 saturated carbocycles. The number of aromatic nitrogens is 2. The molecule has 1 aliphatic heterocycles. The number of piperidine rings is 1. The van der Waals surface area contributed by atoms with E-state index in [1.165, 1.54) is 24.9 Å². The van der Waals surface area contributed by atoms with Gasteiger partial charge in [-0.25, -0.2) is 0 Å². The van der Waals surface area contributed by atoms with Crippen LogP contribution in [-0.2, 0) is 6.54 Å². The molecule has 102 valence electrons. The summed E-state index contributed by atoms with van der Waals surface area (Å²) >= 11 is 0. The van der Waals surface area contributed by atoms with Gasteiger partial charge in [0.25, 0.3) is 0 Å². The van der Waals surface area contributed by atoms with Gasteiger partial charge < -0.3 is 5.32 Å². The van der Waals surface area contributed by atoms with Crippen molar-refractivity contribution in [2.75, 3.05) is 27.2 Å². The molecule has 0 aliphatic carbocycles. The molecular formula is C14H26N4. The number of hydrogen-bond donors (Lipinski definition) is 1. The molecule has 4 heteroatoms. The Morgan fingerprint density at radius 1 is 1.50 bits per heavy atom. The van der Waals surface area contributed by atoms with Crippen molar-refractivity contribution in [2.45, 2.75) is 38.8 Å². The topological polar surface area (TPSA) is 33.1 Å². The number of aryl methyl sites for hydroxylation is 1. The summed E-state index contributed by atoms with van der Waals surface area (Å²) in [6.45, 7) is 5.50. The van der Waals surface area contributed by atoms with Gasteiger partial charge in [-0.2, -0.15) is 5.10 Å². The first-order chi connectivity index (χ1) is 8.76. The molecule has 1 saturated heterocycles. The molecule has 18 heavy (non-hydrogen) atoms. The van der Waals surface area contributed by atoms with E-state index in [2.05, 4.69) is 46.4 Å². The highest BCUT2D eigenvalue weighted by Crippen LogP contribution is 2.34. The van der Waals surface area contributed by atoms with Crippen LogP contribution in [0.15, 0.2) is 12.4 Å². The molecule has 4 nitrogen and oxygen atoms in total. The van der Waals surface area contributed by atoms with Crippen molar-refractivity contribution in [1.29, 1.82) is 0 Å². The summed E-state index contributed by atoms with van der Waals surface area (Å²) in [6.07, 6.45) is 8.06. The standard InChI is InChI=1S/C14H26N4/c1-4-7-18-11-13(10-16-18)14-12(9-15-2)6-5-8-17(14)3/h10-12,14-15H,4-9H2,1-3H3. The normalized spacial score (nSPS) is 25.5. The lowest BCUT2D eigenvalue weighted by Gasteiger charge is -2.38. The van der Waals surface area contributed by atoms with Crippen molar-refractivity contribution in [2.24, 2.45) is 5.92 Å². The van der Waals surface area contributed by atoms with E-state index in [1.807, 2.05) is 7.05 Å². The van der Waals surface area contributed by atoms with Crippen molar-refractivity contribution < 1.29 is 0 Å². The molecule has 1 fully saturated rings. The predicted octanol–water partition coefficient (Wildman–Crippen LogP) is 1.90. The van der Waals surface area contributed by atoms with Gasteiger partial charge in [0.15, 0.2) is 0 Å². The Balaban J connectivity index is 2.14. The number of nitrogens with zero attached hydrogens (tertiary/aromatic N) is 3. The molecule has 0 aromatic carbocycles. The maximum absolute atomic E-state index is 4.48. The van der Waals surface area contributed by atoms with Crippen molar-refractivity contribution in [3.8, 4) is 0 Å². The molecule has 0 radical (unpaired) electrons. The first-order valence-electron chi connectivity index (χ1n) is 7.13. The zero-order chi connectivity index (χ0) is 13.0. The van der Waals surface area contributed by atoms with Crippen LogP contribution >= 0.6 is 0 Å². The minimum absolute atomic E-state index is 0.525. The van der Waals surface area contributed by atoms with Crippen LogP contribution in [-0.4, -0.2) is 41.9 Å². The smallest absolute Gasteiger partial charge is 0.0537 e. The fourth-order valence-corrected chi connectivity index (χ4v) is 3.15. The second kappa shape index (κ2) is 6.34. The molecule has 1 aromatic heterocycles. The minimum atomic E-state index is 0.525. The summed E-state index contributed by atoms with van der Waals surface area (Å²) < 4.78 is 2.08. The highest BCUT2D eigenvalue weighted by atomic mass is 15.3. The van der Waals surface area contributed by atoms with E-state index in [4.69, 9.17) is 0 Å². The Morgan fingerprint density at radius 3 is 3.06 bits per heavy atom. The summed E-state index contributed by atoms with van der Waals surface area (Å²) in [5.41, 5.74) is 1.38. The maximum atomic E-state index is 4.48. The quantitative estimate of drug-likeness (QED) is 0.866. The van der Waals surface area contributed by atoms with Crippen molar-refractivity contribution >= 4 is 0 Å². The third-order valence-corrected chi connectivity index (χ3v) is 3.92. The molecule has 2 heterocycles. The molecule has 0 amide bonds. The zero-order valence-electron chi connectivity index (χ0n) is 11.9. The molecule has 0 bridgehead atoms. The van der Waals surface area contributed by atoms with E-state index in [0.717, 1.165) is 19.5 Å². The van der Waals surface area contributed by atoms with Crippen LogP contribution in [0.5, 0.6) is 0 Å². The van der Waals surface area contributed by atoms with Gasteiger partial charge >= 0.3 is 0 Å². The maximum Gasteiger partial charge on any atom is 0.0537 e. The van der Waals surface area contributed by atoms with E-state index < -0.39 is 0 Å². The van der Waals surface area contributed by atoms with Crippen molar-refractivity contribution in [3.63, 3.8) is 0 Å². The molecule has 2 unspecified atom stereocenters. The molecule has 1 aromatic rings. The Hall–Kier alpha value is -0.870. The SMILES string of the molecule is CCCn1cc(C2C(CNC)CCCN2C)cn1. The van der Waals surface area contributed by atoms with Gasteiger partial charge in [0.1, 0.15) is 0 Å².